The molecule has 0 spiro atoms. The molecule has 0 fully saturated rings. The van der Waals surface area contributed by atoms with Crippen molar-refractivity contribution in [2.24, 2.45) is 0 Å². The third-order valence-corrected chi connectivity index (χ3v) is 2.95. The minimum atomic E-state index is -0.412. The topological polar surface area (TPSA) is 68.3 Å². The smallest absolute Gasteiger partial charge is 0.338 e. The standard InChI is InChI=1S/C14H14N2O3S/c1-9(2)19-14(18)10-4-3-5-11(6-10)16-13(17)12-7-20-8-15-12/h3-9H,1-2H3,(H,16,17). The predicted molar refractivity (Wildman–Crippen MR) is 77.1 cm³/mol. The van der Waals surface area contributed by atoms with Crippen molar-refractivity contribution in [3.63, 3.8) is 0 Å². The number of thiazole rings is 1. The van der Waals surface area contributed by atoms with Gasteiger partial charge in [0.1, 0.15) is 5.69 Å². The number of anilines is 1. The van der Waals surface area contributed by atoms with Crippen molar-refractivity contribution in [1.29, 1.82) is 0 Å². The van der Waals surface area contributed by atoms with Gasteiger partial charge < -0.3 is 10.1 Å². The lowest BCUT2D eigenvalue weighted by molar-refractivity contribution is 0.0378. The SMILES string of the molecule is CC(C)OC(=O)c1cccc(NC(=O)c2cscn2)c1. The van der Waals surface area contributed by atoms with Gasteiger partial charge in [-0.2, -0.15) is 0 Å². The normalized spacial score (nSPS) is 10.3. The number of nitrogens with zero attached hydrogens (tertiary/aromatic N) is 1. The van der Waals surface area contributed by atoms with Crippen LogP contribution in [0.5, 0.6) is 0 Å². The lowest BCUT2D eigenvalue weighted by atomic mass is 10.2. The van der Waals surface area contributed by atoms with E-state index in [1.165, 1.54) is 11.3 Å². The van der Waals surface area contributed by atoms with E-state index in [-0.39, 0.29) is 12.0 Å². The number of carbonyl (C=O) groups is 2. The van der Waals surface area contributed by atoms with E-state index in [4.69, 9.17) is 4.74 Å². The Balaban J connectivity index is 2.10. The molecule has 0 aliphatic heterocycles. The van der Waals surface area contributed by atoms with Gasteiger partial charge in [0.15, 0.2) is 0 Å². The number of benzene rings is 1. The van der Waals surface area contributed by atoms with Gasteiger partial charge in [0.25, 0.3) is 5.91 Å². The predicted octanol–water partition coefficient (Wildman–Crippen LogP) is 2.96. The van der Waals surface area contributed by atoms with Gasteiger partial charge in [-0.1, -0.05) is 6.07 Å². The second-order valence-electron chi connectivity index (χ2n) is 4.36. The fourth-order valence-electron chi connectivity index (χ4n) is 1.53. The summed E-state index contributed by atoms with van der Waals surface area (Å²) in [4.78, 5) is 27.6. The van der Waals surface area contributed by atoms with Crippen molar-refractivity contribution >= 4 is 28.9 Å². The fraction of sp³-hybridized carbons (Fsp3) is 0.214. The zero-order chi connectivity index (χ0) is 14.5. The van der Waals surface area contributed by atoms with Crippen LogP contribution in [-0.4, -0.2) is 23.0 Å². The molecule has 1 amide bonds. The first-order chi connectivity index (χ1) is 9.56. The van der Waals surface area contributed by atoms with E-state index in [0.717, 1.165) is 0 Å². The van der Waals surface area contributed by atoms with Crippen LogP contribution in [-0.2, 0) is 4.74 Å². The third kappa shape index (κ3) is 3.64. The van der Waals surface area contributed by atoms with E-state index >= 15 is 0 Å². The van der Waals surface area contributed by atoms with Crippen LogP contribution >= 0.6 is 11.3 Å². The van der Waals surface area contributed by atoms with Gasteiger partial charge in [-0.3, -0.25) is 4.79 Å². The highest BCUT2D eigenvalue weighted by Gasteiger charge is 2.12. The summed E-state index contributed by atoms with van der Waals surface area (Å²) in [5, 5.41) is 4.35. The molecular weight excluding hydrogens is 276 g/mol. The Morgan fingerprint density at radius 3 is 2.80 bits per heavy atom. The van der Waals surface area contributed by atoms with E-state index < -0.39 is 5.97 Å². The van der Waals surface area contributed by atoms with Crippen molar-refractivity contribution < 1.29 is 14.3 Å². The number of aromatic nitrogens is 1. The van der Waals surface area contributed by atoms with Gasteiger partial charge in [-0.25, -0.2) is 9.78 Å². The summed E-state index contributed by atoms with van der Waals surface area (Å²) in [5.41, 5.74) is 2.87. The summed E-state index contributed by atoms with van der Waals surface area (Å²) in [5.74, 6) is -0.717. The number of rotatable bonds is 4. The summed E-state index contributed by atoms with van der Waals surface area (Å²) in [6.07, 6.45) is -0.184. The number of hydrogen-bond acceptors (Lipinski definition) is 5. The number of nitrogens with one attached hydrogen (secondary N) is 1. The molecule has 1 aromatic heterocycles. The van der Waals surface area contributed by atoms with Crippen LogP contribution in [0.1, 0.15) is 34.7 Å². The molecule has 2 aromatic rings. The molecule has 0 atom stereocenters. The molecule has 5 nitrogen and oxygen atoms in total. The molecule has 0 bridgehead atoms. The Labute approximate surface area is 120 Å². The number of carbonyl (C=O) groups excluding carboxylic acids is 2. The summed E-state index contributed by atoms with van der Waals surface area (Å²) >= 11 is 1.35. The monoisotopic (exact) mass is 290 g/mol. The third-order valence-electron chi connectivity index (χ3n) is 2.36. The Hall–Kier alpha value is -2.21. The lowest BCUT2D eigenvalue weighted by Gasteiger charge is -2.09. The second kappa shape index (κ2) is 6.29. The second-order valence-corrected chi connectivity index (χ2v) is 5.08. The van der Waals surface area contributed by atoms with Gasteiger partial charge in [-0.05, 0) is 32.0 Å². The zero-order valence-electron chi connectivity index (χ0n) is 11.1. The summed E-state index contributed by atoms with van der Waals surface area (Å²) in [6, 6.07) is 6.61. The maximum atomic E-state index is 11.9. The minimum absolute atomic E-state index is 0.184. The Morgan fingerprint density at radius 1 is 1.35 bits per heavy atom. The molecule has 1 heterocycles. The summed E-state index contributed by atoms with van der Waals surface area (Å²) in [6.45, 7) is 3.57. The lowest BCUT2D eigenvalue weighted by Crippen LogP contribution is -2.14. The van der Waals surface area contributed by atoms with E-state index in [2.05, 4.69) is 10.3 Å². The molecule has 0 saturated heterocycles. The Kier molecular flexibility index (Phi) is 4.47. The van der Waals surface area contributed by atoms with Crippen LogP contribution < -0.4 is 5.32 Å². The van der Waals surface area contributed by atoms with E-state index in [0.29, 0.717) is 16.9 Å². The first kappa shape index (κ1) is 14.2. The van der Waals surface area contributed by atoms with Crippen LogP contribution in [0.3, 0.4) is 0 Å². The number of ether oxygens (including phenoxy) is 1. The minimum Gasteiger partial charge on any atom is -0.459 e. The largest absolute Gasteiger partial charge is 0.459 e. The van der Waals surface area contributed by atoms with E-state index in [1.807, 2.05) is 0 Å². The number of amides is 1. The molecule has 1 N–H and O–H groups in total. The maximum Gasteiger partial charge on any atom is 0.338 e. The zero-order valence-corrected chi connectivity index (χ0v) is 11.9. The molecule has 0 saturated carbocycles. The highest BCUT2D eigenvalue weighted by atomic mass is 32.1. The quantitative estimate of drug-likeness (QED) is 0.879. The molecule has 20 heavy (non-hydrogen) atoms. The Morgan fingerprint density at radius 2 is 2.15 bits per heavy atom. The van der Waals surface area contributed by atoms with Crippen LogP contribution in [0.2, 0.25) is 0 Å². The molecule has 104 valence electrons. The van der Waals surface area contributed by atoms with Crippen LogP contribution in [0.15, 0.2) is 35.2 Å². The van der Waals surface area contributed by atoms with Gasteiger partial charge in [0.2, 0.25) is 0 Å². The molecule has 0 radical (unpaired) electrons. The average Bonchev–Trinajstić information content (AvgIpc) is 2.92. The van der Waals surface area contributed by atoms with Gasteiger partial charge in [0, 0.05) is 11.1 Å². The van der Waals surface area contributed by atoms with Crippen molar-refractivity contribution in [1.82, 2.24) is 4.98 Å². The van der Waals surface area contributed by atoms with Crippen molar-refractivity contribution in [3.05, 3.63) is 46.4 Å². The van der Waals surface area contributed by atoms with Crippen LogP contribution in [0, 0.1) is 0 Å². The highest BCUT2D eigenvalue weighted by Crippen LogP contribution is 2.14. The molecule has 6 heteroatoms. The van der Waals surface area contributed by atoms with Gasteiger partial charge >= 0.3 is 5.97 Å². The molecule has 2 rings (SSSR count). The summed E-state index contributed by atoms with van der Waals surface area (Å²) in [7, 11) is 0. The van der Waals surface area contributed by atoms with Gasteiger partial charge in [-0.15, -0.1) is 11.3 Å². The van der Waals surface area contributed by atoms with Crippen molar-refractivity contribution in [3.8, 4) is 0 Å². The first-order valence-electron chi connectivity index (χ1n) is 6.07. The maximum absolute atomic E-state index is 11.9. The molecule has 0 unspecified atom stereocenters. The highest BCUT2D eigenvalue weighted by molar-refractivity contribution is 7.07. The van der Waals surface area contributed by atoms with E-state index in [1.54, 1.807) is 49.0 Å². The molecule has 0 aliphatic carbocycles. The molecular formula is C14H14N2O3S. The first-order valence-corrected chi connectivity index (χ1v) is 7.01. The molecule has 1 aromatic carbocycles. The van der Waals surface area contributed by atoms with Crippen LogP contribution in [0.4, 0.5) is 5.69 Å². The fourth-order valence-corrected chi connectivity index (χ4v) is 2.06. The van der Waals surface area contributed by atoms with Crippen molar-refractivity contribution in [2.45, 2.75) is 20.0 Å². The number of esters is 1. The van der Waals surface area contributed by atoms with E-state index in [9.17, 15) is 9.59 Å². The summed E-state index contributed by atoms with van der Waals surface area (Å²) < 4.78 is 5.11. The van der Waals surface area contributed by atoms with Gasteiger partial charge in [0.05, 0.1) is 17.2 Å². The van der Waals surface area contributed by atoms with Crippen molar-refractivity contribution in [2.75, 3.05) is 5.32 Å². The number of hydrogen-bond donors (Lipinski definition) is 1. The average molecular weight is 290 g/mol. The Bertz CT molecular complexity index is 609. The molecule has 0 aliphatic rings. The van der Waals surface area contributed by atoms with Crippen LogP contribution in [0.25, 0.3) is 0 Å².